The molecule has 0 aliphatic heterocycles. The van der Waals surface area contributed by atoms with Crippen LogP contribution in [0.3, 0.4) is 0 Å². The Bertz CT molecular complexity index is 390. The van der Waals surface area contributed by atoms with Gasteiger partial charge in [-0.25, -0.2) is 0 Å². The van der Waals surface area contributed by atoms with Crippen molar-refractivity contribution in [2.24, 2.45) is 5.73 Å². The highest BCUT2D eigenvalue weighted by Gasteiger charge is 2.02. The van der Waals surface area contributed by atoms with Crippen LogP contribution in [0.2, 0.25) is 0 Å². The summed E-state index contributed by atoms with van der Waals surface area (Å²) in [5.74, 6) is -0.0438. The molecule has 0 aliphatic carbocycles. The van der Waals surface area contributed by atoms with Crippen molar-refractivity contribution in [3.05, 3.63) is 23.8 Å². The normalized spacial score (nSPS) is 9.75. The first-order valence-electron chi connectivity index (χ1n) is 4.83. The molecule has 0 aliphatic rings. The molecule has 0 aromatic heterocycles. The molecule has 0 heterocycles. The lowest BCUT2D eigenvalue weighted by Gasteiger charge is -2.06. The third kappa shape index (κ3) is 3.61. The van der Waals surface area contributed by atoms with Crippen LogP contribution in [0.5, 0.6) is 11.5 Å². The van der Waals surface area contributed by atoms with Gasteiger partial charge in [0, 0.05) is 12.5 Å². The molecule has 3 N–H and O–H groups in total. The second-order valence-corrected chi connectivity index (χ2v) is 3.26. The van der Waals surface area contributed by atoms with Gasteiger partial charge in [-0.05, 0) is 18.6 Å². The molecule has 0 fully saturated rings. The molecule has 16 heavy (non-hydrogen) atoms. The predicted molar refractivity (Wildman–Crippen MR) is 57.4 cm³/mol. The van der Waals surface area contributed by atoms with E-state index in [-0.39, 0.29) is 23.6 Å². The molecule has 0 atom stereocenters. The fourth-order valence-corrected chi connectivity index (χ4v) is 1.15. The lowest BCUT2D eigenvalue weighted by atomic mass is 10.2. The minimum Gasteiger partial charge on any atom is -0.507 e. The van der Waals surface area contributed by atoms with E-state index in [0.29, 0.717) is 25.1 Å². The summed E-state index contributed by atoms with van der Waals surface area (Å²) in [6, 6.07) is 4.40. The van der Waals surface area contributed by atoms with Gasteiger partial charge < -0.3 is 15.6 Å². The average molecular weight is 223 g/mol. The second-order valence-electron chi connectivity index (χ2n) is 3.26. The SMILES string of the molecule is NC(=O)CCCOc1ccc(C=O)c(O)c1. The van der Waals surface area contributed by atoms with E-state index in [9.17, 15) is 14.7 Å². The summed E-state index contributed by atoms with van der Waals surface area (Å²) in [4.78, 5) is 20.9. The molecule has 0 bridgehead atoms. The van der Waals surface area contributed by atoms with Gasteiger partial charge in [-0.15, -0.1) is 0 Å². The van der Waals surface area contributed by atoms with Crippen molar-refractivity contribution in [3.8, 4) is 11.5 Å². The molecule has 1 rings (SSSR count). The summed E-state index contributed by atoms with van der Waals surface area (Å²) < 4.78 is 5.25. The zero-order chi connectivity index (χ0) is 12.0. The third-order valence-electron chi connectivity index (χ3n) is 1.97. The van der Waals surface area contributed by atoms with Gasteiger partial charge in [0.15, 0.2) is 6.29 Å². The minimum atomic E-state index is -0.372. The molecule has 0 unspecified atom stereocenters. The summed E-state index contributed by atoms with van der Waals surface area (Å²) in [5.41, 5.74) is 5.17. The molecule has 0 radical (unpaired) electrons. The van der Waals surface area contributed by atoms with Crippen molar-refractivity contribution < 1.29 is 19.4 Å². The van der Waals surface area contributed by atoms with Crippen LogP contribution in [0.1, 0.15) is 23.2 Å². The number of rotatable bonds is 6. The molecule has 1 aromatic rings. The minimum absolute atomic E-state index is 0.123. The first-order chi connectivity index (χ1) is 7.63. The smallest absolute Gasteiger partial charge is 0.217 e. The zero-order valence-corrected chi connectivity index (χ0v) is 8.68. The Hall–Kier alpha value is -2.04. The number of aldehydes is 1. The molecule has 0 saturated heterocycles. The number of amides is 1. The van der Waals surface area contributed by atoms with Gasteiger partial charge in [0.2, 0.25) is 5.91 Å². The van der Waals surface area contributed by atoms with Crippen LogP contribution < -0.4 is 10.5 Å². The lowest BCUT2D eigenvalue weighted by Crippen LogP contribution is -2.11. The Balaban J connectivity index is 2.46. The Labute approximate surface area is 92.8 Å². The van der Waals surface area contributed by atoms with Crippen LogP contribution in [0.25, 0.3) is 0 Å². The number of phenolic OH excluding ortho intramolecular Hbond substituents is 1. The fraction of sp³-hybridized carbons (Fsp3) is 0.273. The maximum absolute atomic E-state index is 10.4. The van der Waals surface area contributed by atoms with Crippen molar-refractivity contribution in [2.75, 3.05) is 6.61 Å². The highest BCUT2D eigenvalue weighted by atomic mass is 16.5. The van der Waals surface area contributed by atoms with E-state index in [1.54, 1.807) is 6.07 Å². The Morgan fingerprint density at radius 3 is 2.81 bits per heavy atom. The third-order valence-corrected chi connectivity index (χ3v) is 1.97. The number of nitrogens with two attached hydrogens (primary N) is 1. The van der Waals surface area contributed by atoms with Crippen LogP contribution in [0.4, 0.5) is 0 Å². The lowest BCUT2D eigenvalue weighted by molar-refractivity contribution is -0.118. The number of benzene rings is 1. The number of carbonyl (C=O) groups excluding carboxylic acids is 2. The largest absolute Gasteiger partial charge is 0.507 e. The number of phenols is 1. The van der Waals surface area contributed by atoms with Crippen molar-refractivity contribution in [3.63, 3.8) is 0 Å². The molecule has 5 heteroatoms. The summed E-state index contributed by atoms with van der Waals surface area (Å²) >= 11 is 0. The summed E-state index contributed by atoms with van der Waals surface area (Å²) in [7, 11) is 0. The van der Waals surface area contributed by atoms with Gasteiger partial charge in [0.25, 0.3) is 0 Å². The summed E-state index contributed by atoms with van der Waals surface area (Å²) in [6.45, 7) is 0.336. The van der Waals surface area contributed by atoms with E-state index in [1.165, 1.54) is 12.1 Å². The van der Waals surface area contributed by atoms with Gasteiger partial charge >= 0.3 is 0 Å². The first kappa shape index (κ1) is 12.0. The van der Waals surface area contributed by atoms with Gasteiger partial charge in [-0.1, -0.05) is 0 Å². The quantitative estimate of drug-likeness (QED) is 0.552. The average Bonchev–Trinajstić information content (AvgIpc) is 2.24. The standard InChI is InChI=1S/C11H13NO4/c12-11(15)2-1-5-16-9-4-3-8(7-13)10(14)6-9/h3-4,6-7,14H,1-2,5H2,(H2,12,15). The van der Waals surface area contributed by atoms with E-state index in [4.69, 9.17) is 10.5 Å². The first-order valence-corrected chi connectivity index (χ1v) is 4.83. The van der Waals surface area contributed by atoms with Gasteiger partial charge in [-0.2, -0.15) is 0 Å². The van der Waals surface area contributed by atoms with E-state index in [1.807, 2.05) is 0 Å². The maximum Gasteiger partial charge on any atom is 0.217 e. The van der Waals surface area contributed by atoms with Gasteiger partial charge in [0.1, 0.15) is 11.5 Å². The maximum atomic E-state index is 10.4. The second kappa shape index (κ2) is 5.75. The molecule has 5 nitrogen and oxygen atoms in total. The zero-order valence-electron chi connectivity index (χ0n) is 8.68. The van der Waals surface area contributed by atoms with E-state index in [2.05, 4.69) is 0 Å². The summed E-state index contributed by atoms with van der Waals surface area (Å²) in [6.07, 6.45) is 1.34. The van der Waals surface area contributed by atoms with Crippen LogP contribution in [-0.4, -0.2) is 23.9 Å². The van der Waals surface area contributed by atoms with Crippen LogP contribution in [-0.2, 0) is 4.79 Å². The highest BCUT2D eigenvalue weighted by Crippen LogP contribution is 2.22. The van der Waals surface area contributed by atoms with Crippen molar-refractivity contribution in [1.82, 2.24) is 0 Å². The predicted octanol–water partition coefficient (Wildman–Crippen LogP) is 0.849. The van der Waals surface area contributed by atoms with E-state index >= 15 is 0 Å². The van der Waals surface area contributed by atoms with Crippen LogP contribution >= 0.6 is 0 Å². The summed E-state index contributed by atoms with van der Waals surface area (Å²) in [5, 5.41) is 9.35. The van der Waals surface area contributed by atoms with Crippen molar-refractivity contribution >= 4 is 12.2 Å². The number of ether oxygens (including phenoxy) is 1. The van der Waals surface area contributed by atoms with Crippen LogP contribution in [0, 0.1) is 0 Å². The Morgan fingerprint density at radius 1 is 1.50 bits per heavy atom. The molecular weight excluding hydrogens is 210 g/mol. The number of hydrogen-bond acceptors (Lipinski definition) is 4. The number of carbonyl (C=O) groups is 2. The molecule has 1 aromatic carbocycles. The van der Waals surface area contributed by atoms with E-state index < -0.39 is 0 Å². The van der Waals surface area contributed by atoms with Gasteiger partial charge in [0.05, 0.1) is 12.2 Å². The molecular formula is C11H13NO4. The number of hydrogen-bond donors (Lipinski definition) is 2. The number of primary amides is 1. The number of aromatic hydroxyl groups is 1. The topological polar surface area (TPSA) is 89.6 Å². The molecule has 0 saturated carbocycles. The van der Waals surface area contributed by atoms with Crippen molar-refractivity contribution in [2.45, 2.75) is 12.8 Å². The monoisotopic (exact) mass is 223 g/mol. The van der Waals surface area contributed by atoms with Gasteiger partial charge in [-0.3, -0.25) is 9.59 Å². The highest BCUT2D eigenvalue weighted by molar-refractivity contribution is 5.79. The molecule has 86 valence electrons. The Kier molecular flexibility index (Phi) is 4.32. The van der Waals surface area contributed by atoms with Crippen LogP contribution in [0.15, 0.2) is 18.2 Å². The Morgan fingerprint density at radius 2 is 2.25 bits per heavy atom. The molecule has 1 amide bonds. The van der Waals surface area contributed by atoms with E-state index in [0.717, 1.165) is 0 Å². The fourth-order valence-electron chi connectivity index (χ4n) is 1.15. The van der Waals surface area contributed by atoms with Crippen molar-refractivity contribution in [1.29, 1.82) is 0 Å². The molecule has 0 spiro atoms.